The van der Waals surface area contributed by atoms with Crippen molar-refractivity contribution in [1.29, 1.82) is 0 Å². The number of piperidine rings is 1. The summed E-state index contributed by atoms with van der Waals surface area (Å²) in [4.78, 5) is 28.9. The molecule has 3 aliphatic rings. The minimum absolute atomic E-state index is 0.0413. The molecular formula is C19H28ClN5O3. The number of aromatic amines is 1. The van der Waals surface area contributed by atoms with Gasteiger partial charge in [0.15, 0.2) is 0 Å². The number of H-pyrrole nitrogens is 1. The van der Waals surface area contributed by atoms with E-state index in [0.717, 1.165) is 38.4 Å². The number of hydrogen-bond acceptors (Lipinski definition) is 5. The number of aromatic nitrogens is 2. The van der Waals surface area contributed by atoms with Crippen LogP contribution in [0, 0.1) is 11.8 Å². The molecule has 2 aliphatic heterocycles. The molecule has 2 saturated heterocycles. The first kappa shape index (κ1) is 19.7. The summed E-state index contributed by atoms with van der Waals surface area (Å²) < 4.78 is 5.60. The standard InChI is InChI=1S/C19H28ClN5O3/c20-16-8-22-23-18(16)19(27)21-7-15-11-25(17(26)12-28-15)10-14-3-5-24(6-4-14)9-13-1-2-13/h8,13-15H,1-7,9-12H2,(H,21,27)(H,22,23). The zero-order valence-corrected chi connectivity index (χ0v) is 16.8. The van der Waals surface area contributed by atoms with Gasteiger partial charge in [0, 0.05) is 26.2 Å². The Hall–Kier alpha value is -1.64. The first-order chi connectivity index (χ1) is 13.6. The maximum atomic E-state index is 12.3. The third-order valence-corrected chi connectivity index (χ3v) is 6.22. The van der Waals surface area contributed by atoms with Crippen molar-refractivity contribution in [3.63, 3.8) is 0 Å². The van der Waals surface area contributed by atoms with Crippen molar-refractivity contribution in [1.82, 2.24) is 25.3 Å². The minimum atomic E-state index is -0.322. The van der Waals surface area contributed by atoms with E-state index in [4.69, 9.17) is 16.3 Å². The first-order valence-corrected chi connectivity index (χ1v) is 10.5. The molecule has 3 fully saturated rings. The van der Waals surface area contributed by atoms with Crippen molar-refractivity contribution in [2.45, 2.75) is 31.8 Å². The molecule has 0 aromatic carbocycles. The number of amides is 2. The lowest BCUT2D eigenvalue weighted by Gasteiger charge is -2.38. The zero-order valence-electron chi connectivity index (χ0n) is 16.0. The second-order valence-electron chi connectivity index (χ2n) is 8.22. The number of carbonyl (C=O) groups excluding carboxylic acids is 2. The molecule has 0 bridgehead atoms. The van der Waals surface area contributed by atoms with Gasteiger partial charge in [-0.2, -0.15) is 5.10 Å². The highest BCUT2D eigenvalue weighted by Gasteiger charge is 2.31. The summed E-state index contributed by atoms with van der Waals surface area (Å²) in [6.45, 7) is 5.25. The molecule has 0 spiro atoms. The first-order valence-electron chi connectivity index (χ1n) is 10.2. The van der Waals surface area contributed by atoms with E-state index < -0.39 is 0 Å². The SMILES string of the molecule is O=C(NCC1CN(CC2CCN(CC3CC3)CC2)C(=O)CO1)c1[nH]ncc1Cl. The lowest BCUT2D eigenvalue weighted by Crippen LogP contribution is -2.52. The zero-order chi connectivity index (χ0) is 19.5. The van der Waals surface area contributed by atoms with Gasteiger partial charge in [0.2, 0.25) is 5.91 Å². The topological polar surface area (TPSA) is 90.6 Å². The van der Waals surface area contributed by atoms with Crippen molar-refractivity contribution in [2.24, 2.45) is 11.8 Å². The van der Waals surface area contributed by atoms with E-state index in [1.54, 1.807) is 0 Å². The fourth-order valence-electron chi connectivity index (χ4n) is 4.04. The Morgan fingerprint density at radius 1 is 1.25 bits per heavy atom. The van der Waals surface area contributed by atoms with Crippen LogP contribution < -0.4 is 5.32 Å². The fraction of sp³-hybridized carbons (Fsp3) is 0.737. The van der Waals surface area contributed by atoms with Gasteiger partial charge in [-0.25, -0.2) is 0 Å². The minimum Gasteiger partial charge on any atom is -0.365 e. The van der Waals surface area contributed by atoms with Crippen molar-refractivity contribution in [3.8, 4) is 0 Å². The Balaban J connectivity index is 1.21. The summed E-state index contributed by atoms with van der Waals surface area (Å²) >= 11 is 5.91. The summed E-state index contributed by atoms with van der Waals surface area (Å²) in [5.41, 5.74) is 0.239. The number of morpholine rings is 1. The van der Waals surface area contributed by atoms with Gasteiger partial charge in [-0.1, -0.05) is 11.6 Å². The molecule has 2 N–H and O–H groups in total. The van der Waals surface area contributed by atoms with Gasteiger partial charge in [0.25, 0.3) is 5.91 Å². The van der Waals surface area contributed by atoms with E-state index in [1.165, 1.54) is 25.6 Å². The van der Waals surface area contributed by atoms with Crippen molar-refractivity contribution >= 4 is 23.4 Å². The monoisotopic (exact) mass is 409 g/mol. The number of nitrogens with zero attached hydrogens (tertiary/aromatic N) is 3. The number of nitrogens with one attached hydrogen (secondary N) is 2. The van der Waals surface area contributed by atoms with Crippen LogP contribution in [-0.2, 0) is 9.53 Å². The average molecular weight is 410 g/mol. The van der Waals surface area contributed by atoms with Gasteiger partial charge in [0.05, 0.1) is 17.3 Å². The number of carbonyl (C=O) groups is 2. The predicted octanol–water partition coefficient (Wildman–Crippen LogP) is 1.14. The molecule has 9 heteroatoms. The van der Waals surface area contributed by atoms with Crippen LogP contribution in [0.4, 0.5) is 0 Å². The van der Waals surface area contributed by atoms with Crippen LogP contribution in [0.1, 0.15) is 36.2 Å². The van der Waals surface area contributed by atoms with Gasteiger partial charge in [-0.05, 0) is 50.6 Å². The predicted molar refractivity (Wildman–Crippen MR) is 104 cm³/mol. The molecule has 8 nitrogen and oxygen atoms in total. The molecule has 0 radical (unpaired) electrons. The van der Waals surface area contributed by atoms with Crippen molar-refractivity contribution in [2.75, 3.05) is 45.9 Å². The molecule has 1 saturated carbocycles. The largest absolute Gasteiger partial charge is 0.365 e. The van der Waals surface area contributed by atoms with Crippen LogP contribution in [0.5, 0.6) is 0 Å². The maximum Gasteiger partial charge on any atom is 0.270 e. The second kappa shape index (κ2) is 8.80. The van der Waals surface area contributed by atoms with Gasteiger partial charge in [-0.3, -0.25) is 14.7 Å². The Bertz CT molecular complexity index is 699. The van der Waals surface area contributed by atoms with Crippen LogP contribution in [-0.4, -0.2) is 83.8 Å². The quantitative estimate of drug-likeness (QED) is 0.704. The van der Waals surface area contributed by atoms with Gasteiger partial charge < -0.3 is 19.9 Å². The molecule has 1 unspecified atom stereocenters. The van der Waals surface area contributed by atoms with Crippen molar-refractivity contribution in [3.05, 3.63) is 16.9 Å². The van der Waals surface area contributed by atoms with Crippen LogP contribution in [0.2, 0.25) is 5.02 Å². The molecule has 154 valence electrons. The molecular weight excluding hydrogens is 382 g/mol. The average Bonchev–Trinajstić information content (AvgIpc) is 3.41. The summed E-state index contributed by atoms with van der Waals surface area (Å²) in [6, 6.07) is 0. The molecule has 2 amide bonds. The van der Waals surface area contributed by atoms with Crippen LogP contribution in [0.15, 0.2) is 6.20 Å². The molecule has 1 aromatic rings. The maximum absolute atomic E-state index is 12.3. The summed E-state index contributed by atoms with van der Waals surface area (Å²) in [5, 5.41) is 9.41. The molecule has 1 aromatic heterocycles. The van der Waals surface area contributed by atoms with E-state index in [0.29, 0.717) is 19.0 Å². The van der Waals surface area contributed by atoms with Gasteiger partial charge in [-0.15, -0.1) is 0 Å². The van der Waals surface area contributed by atoms with E-state index >= 15 is 0 Å². The van der Waals surface area contributed by atoms with Crippen molar-refractivity contribution < 1.29 is 14.3 Å². The number of likely N-dealkylation sites (tertiary alicyclic amines) is 1. The molecule has 1 atom stereocenters. The number of halogens is 1. The molecule has 1 aliphatic carbocycles. The summed E-state index contributed by atoms with van der Waals surface area (Å²) in [7, 11) is 0. The number of rotatable bonds is 7. The third kappa shape index (κ3) is 5.04. The second-order valence-corrected chi connectivity index (χ2v) is 8.63. The van der Waals surface area contributed by atoms with Gasteiger partial charge in [0.1, 0.15) is 12.3 Å². The van der Waals surface area contributed by atoms with Crippen LogP contribution in [0.25, 0.3) is 0 Å². The third-order valence-electron chi connectivity index (χ3n) is 5.93. The number of ether oxygens (including phenoxy) is 1. The highest BCUT2D eigenvalue weighted by atomic mass is 35.5. The van der Waals surface area contributed by atoms with Gasteiger partial charge >= 0.3 is 0 Å². The highest BCUT2D eigenvalue weighted by Crippen LogP contribution is 2.31. The molecule has 28 heavy (non-hydrogen) atoms. The normalized spacial score (nSPS) is 24.5. The Kier molecular flexibility index (Phi) is 6.18. The van der Waals surface area contributed by atoms with E-state index in [1.807, 2.05) is 4.90 Å². The summed E-state index contributed by atoms with van der Waals surface area (Å²) in [6.07, 6.45) is 6.27. The smallest absolute Gasteiger partial charge is 0.270 e. The Morgan fingerprint density at radius 2 is 2.00 bits per heavy atom. The summed E-state index contributed by atoms with van der Waals surface area (Å²) in [5.74, 6) is 1.21. The van der Waals surface area contributed by atoms with E-state index in [2.05, 4.69) is 20.4 Å². The van der Waals surface area contributed by atoms with E-state index in [9.17, 15) is 9.59 Å². The number of hydrogen-bond donors (Lipinski definition) is 2. The highest BCUT2D eigenvalue weighted by molar-refractivity contribution is 6.33. The molecule has 4 rings (SSSR count). The van der Waals surface area contributed by atoms with E-state index in [-0.39, 0.29) is 35.2 Å². The Labute approximate surface area is 169 Å². The van der Waals surface area contributed by atoms with Crippen LogP contribution >= 0.6 is 11.6 Å². The Morgan fingerprint density at radius 3 is 2.68 bits per heavy atom. The lowest BCUT2D eigenvalue weighted by molar-refractivity contribution is -0.149. The molecule has 3 heterocycles. The lowest BCUT2D eigenvalue weighted by atomic mass is 9.95. The van der Waals surface area contributed by atoms with Crippen LogP contribution in [0.3, 0.4) is 0 Å². The fourth-order valence-corrected chi connectivity index (χ4v) is 4.21.